The number of thioether (sulfide) groups is 1. The van der Waals surface area contributed by atoms with Crippen molar-refractivity contribution in [2.45, 2.75) is 45.2 Å². The lowest BCUT2D eigenvalue weighted by Crippen LogP contribution is -2.62. The van der Waals surface area contributed by atoms with Crippen LogP contribution < -0.4 is 5.32 Å². The molecule has 4 nitrogen and oxygen atoms in total. The molecule has 1 aliphatic heterocycles. The summed E-state index contributed by atoms with van der Waals surface area (Å²) in [6.45, 7) is 4.51. The van der Waals surface area contributed by atoms with Gasteiger partial charge in [0.2, 0.25) is 11.8 Å². The Morgan fingerprint density at radius 1 is 1.41 bits per heavy atom. The third kappa shape index (κ3) is 3.63. The lowest BCUT2D eigenvalue weighted by Gasteiger charge is -2.37. The van der Waals surface area contributed by atoms with Gasteiger partial charge in [-0.1, -0.05) is 13.3 Å². The van der Waals surface area contributed by atoms with Gasteiger partial charge in [-0.25, -0.2) is 0 Å². The molecule has 1 aliphatic rings. The Morgan fingerprint density at radius 2 is 2.12 bits per heavy atom. The molecule has 2 amide bonds. The third-order valence-corrected chi connectivity index (χ3v) is 3.77. The highest BCUT2D eigenvalue weighted by molar-refractivity contribution is 7.98. The maximum atomic E-state index is 12.2. The van der Waals surface area contributed by atoms with Crippen LogP contribution in [0.1, 0.15) is 33.1 Å². The summed E-state index contributed by atoms with van der Waals surface area (Å²) in [6, 6.07) is -0.629. The summed E-state index contributed by atoms with van der Waals surface area (Å²) >= 11 is 1.77. The first kappa shape index (κ1) is 14.4. The van der Waals surface area contributed by atoms with Crippen molar-refractivity contribution in [1.82, 2.24) is 10.2 Å². The van der Waals surface area contributed by atoms with Crippen LogP contribution >= 0.6 is 11.8 Å². The zero-order valence-corrected chi connectivity index (χ0v) is 11.7. The summed E-state index contributed by atoms with van der Waals surface area (Å²) in [7, 11) is 0. The first-order chi connectivity index (χ1) is 8.11. The van der Waals surface area contributed by atoms with Crippen molar-refractivity contribution in [3.8, 4) is 0 Å². The normalized spacial score (nSPS) is 25.0. The number of hydrogen-bond acceptors (Lipinski definition) is 3. The maximum Gasteiger partial charge on any atom is 0.245 e. The lowest BCUT2D eigenvalue weighted by molar-refractivity contribution is -0.148. The second-order valence-electron chi connectivity index (χ2n) is 4.40. The average molecular weight is 258 g/mol. The van der Waals surface area contributed by atoms with Crippen LogP contribution in [0.3, 0.4) is 0 Å². The number of rotatable bonds is 6. The molecular weight excluding hydrogens is 236 g/mol. The molecule has 0 aromatic carbocycles. The van der Waals surface area contributed by atoms with Gasteiger partial charge in [-0.15, -0.1) is 0 Å². The molecule has 0 aromatic rings. The maximum absolute atomic E-state index is 12.2. The first-order valence-electron chi connectivity index (χ1n) is 6.21. The highest BCUT2D eigenvalue weighted by atomic mass is 32.2. The van der Waals surface area contributed by atoms with E-state index in [0.29, 0.717) is 6.54 Å². The number of nitrogens with zero attached hydrogens (tertiary/aromatic N) is 1. The van der Waals surface area contributed by atoms with Gasteiger partial charge in [-0.2, -0.15) is 11.8 Å². The molecule has 0 spiro atoms. The Hall–Kier alpha value is -0.710. The minimum Gasteiger partial charge on any atom is -0.343 e. The Kier molecular flexibility index (Phi) is 5.82. The molecule has 98 valence electrons. The zero-order chi connectivity index (χ0) is 12.8. The highest BCUT2D eigenvalue weighted by Gasteiger charge is 2.36. The van der Waals surface area contributed by atoms with Gasteiger partial charge >= 0.3 is 0 Å². The van der Waals surface area contributed by atoms with E-state index in [1.807, 2.05) is 13.2 Å². The van der Waals surface area contributed by atoms with E-state index < -0.39 is 0 Å². The molecule has 1 N–H and O–H groups in total. The number of carbonyl (C=O) groups excluding carboxylic acids is 2. The van der Waals surface area contributed by atoms with Crippen molar-refractivity contribution in [3.63, 3.8) is 0 Å². The zero-order valence-electron chi connectivity index (χ0n) is 10.9. The van der Waals surface area contributed by atoms with Crippen molar-refractivity contribution in [1.29, 1.82) is 0 Å². The van der Waals surface area contributed by atoms with Gasteiger partial charge in [0.25, 0.3) is 0 Å². The van der Waals surface area contributed by atoms with Crippen LogP contribution in [0.15, 0.2) is 0 Å². The van der Waals surface area contributed by atoms with Gasteiger partial charge in [0, 0.05) is 6.54 Å². The second-order valence-corrected chi connectivity index (χ2v) is 5.39. The van der Waals surface area contributed by atoms with E-state index in [2.05, 4.69) is 5.32 Å². The van der Waals surface area contributed by atoms with Crippen LogP contribution in [0.2, 0.25) is 0 Å². The predicted molar refractivity (Wildman–Crippen MR) is 71.0 cm³/mol. The Balaban J connectivity index is 2.63. The average Bonchev–Trinajstić information content (AvgIpc) is 2.31. The van der Waals surface area contributed by atoms with Gasteiger partial charge in [0.05, 0.1) is 0 Å². The fourth-order valence-corrected chi connectivity index (χ4v) is 2.47. The van der Waals surface area contributed by atoms with Crippen LogP contribution in [-0.4, -0.2) is 47.4 Å². The predicted octanol–water partition coefficient (Wildman–Crippen LogP) is 1.26. The van der Waals surface area contributed by atoms with Crippen LogP contribution in [0.5, 0.6) is 0 Å². The minimum atomic E-state index is -0.322. The molecule has 0 saturated carbocycles. The van der Waals surface area contributed by atoms with E-state index in [1.54, 1.807) is 23.6 Å². The smallest absolute Gasteiger partial charge is 0.245 e. The van der Waals surface area contributed by atoms with E-state index in [0.717, 1.165) is 25.0 Å². The molecule has 1 heterocycles. The highest BCUT2D eigenvalue weighted by Crippen LogP contribution is 2.14. The monoisotopic (exact) mass is 258 g/mol. The fraction of sp³-hybridized carbons (Fsp3) is 0.833. The summed E-state index contributed by atoms with van der Waals surface area (Å²) in [6.07, 6.45) is 4.64. The largest absolute Gasteiger partial charge is 0.343 e. The molecule has 2 unspecified atom stereocenters. The second kappa shape index (κ2) is 6.89. The SMILES string of the molecule is CCCC1NC(=O)C(C)N(CCCSC)C1=O. The molecule has 0 bridgehead atoms. The van der Waals surface area contributed by atoms with Gasteiger partial charge in [-0.05, 0) is 31.8 Å². The molecule has 0 aliphatic carbocycles. The molecule has 1 saturated heterocycles. The molecule has 1 rings (SSSR count). The summed E-state index contributed by atoms with van der Waals surface area (Å²) in [5, 5.41) is 2.80. The molecule has 1 fully saturated rings. The molecule has 2 atom stereocenters. The van der Waals surface area contributed by atoms with E-state index in [-0.39, 0.29) is 23.9 Å². The van der Waals surface area contributed by atoms with Crippen molar-refractivity contribution in [2.75, 3.05) is 18.6 Å². The summed E-state index contributed by atoms with van der Waals surface area (Å²) in [5.41, 5.74) is 0. The number of piperazine rings is 1. The van der Waals surface area contributed by atoms with Crippen molar-refractivity contribution < 1.29 is 9.59 Å². The molecular formula is C12H22N2O2S. The standard InChI is InChI=1S/C12H22N2O2S/c1-4-6-10-12(16)14(7-5-8-17-3)9(2)11(15)13-10/h9-10H,4-8H2,1-3H3,(H,13,15). The number of amides is 2. The first-order valence-corrected chi connectivity index (χ1v) is 7.61. The fourth-order valence-electron chi connectivity index (χ4n) is 2.05. The quantitative estimate of drug-likeness (QED) is 0.730. The minimum absolute atomic E-state index is 0.0211. The molecule has 0 radical (unpaired) electrons. The summed E-state index contributed by atoms with van der Waals surface area (Å²) in [5.74, 6) is 1.09. The number of hydrogen-bond donors (Lipinski definition) is 1. The summed E-state index contributed by atoms with van der Waals surface area (Å²) in [4.78, 5) is 25.7. The van der Waals surface area contributed by atoms with Crippen LogP contribution in [0, 0.1) is 0 Å². The number of carbonyl (C=O) groups is 2. The van der Waals surface area contributed by atoms with E-state index in [4.69, 9.17) is 0 Å². The van der Waals surface area contributed by atoms with E-state index in [1.165, 1.54) is 0 Å². The Labute approximate surface area is 108 Å². The Bertz CT molecular complexity index is 284. The van der Waals surface area contributed by atoms with Gasteiger partial charge in [-0.3, -0.25) is 9.59 Å². The molecule has 17 heavy (non-hydrogen) atoms. The van der Waals surface area contributed by atoms with Crippen molar-refractivity contribution >= 4 is 23.6 Å². The molecule has 0 aromatic heterocycles. The van der Waals surface area contributed by atoms with Crippen molar-refractivity contribution in [3.05, 3.63) is 0 Å². The van der Waals surface area contributed by atoms with Gasteiger partial charge in [0.1, 0.15) is 12.1 Å². The van der Waals surface area contributed by atoms with Crippen LogP contribution in [0.25, 0.3) is 0 Å². The van der Waals surface area contributed by atoms with Crippen LogP contribution in [0.4, 0.5) is 0 Å². The van der Waals surface area contributed by atoms with Gasteiger partial charge < -0.3 is 10.2 Å². The molecule has 5 heteroatoms. The van der Waals surface area contributed by atoms with E-state index >= 15 is 0 Å². The van der Waals surface area contributed by atoms with Crippen LogP contribution in [-0.2, 0) is 9.59 Å². The third-order valence-electron chi connectivity index (χ3n) is 3.07. The van der Waals surface area contributed by atoms with Gasteiger partial charge in [0.15, 0.2) is 0 Å². The van der Waals surface area contributed by atoms with Crippen molar-refractivity contribution in [2.24, 2.45) is 0 Å². The number of nitrogens with one attached hydrogen (secondary N) is 1. The lowest BCUT2D eigenvalue weighted by atomic mass is 10.0. The topological polar surface area (TPSA) is 49.4 Å². The van der Waals surface area contributed by atoms with E-state index in [9.17, 15) is 9.59 Å². The Morgan fingerprint density at radius 3 is 2.71 bits per heavy atom. The summed E-state index contributed by atoms with van der Waals surface area (Å²) < 4.78 is 0.